The van der Waals surface area contributed by atoms with Gasteiger partial charge in [-0.1, -0.05) is 17.5 Å². The molecule has 3 fully saturated rings. The minimum atomic E-state index is -0.192. The monoisotopic (exact) mass is 348 g/mol. The third-order valence-electron chi connectivity index (χ3n) is 4.70. The largest absolute Gasteiger partial charge is 0.492 e. The molecular formula is C18H21ClN2O3. The number of carbonyl (C=O) groups excluding carboxylic acids is 1. The third-order valence-corrected chi connectivity index (χ3v) is 4.92. The lowest BCUT2D eigenvalue weighted by Gasteiger charge is -2.44. The molecule has 0 aliphatic carbocycles. The van der Waals surface area contributed by atoms with E-state index in [4.69, 9.17) is 21.1 Å². The molecule has 1 unspecified atom stereocenters. The van der Waals surface area contributed by atoms with Gasteiger partial charge in [0.2, 0.25) is 0 Å². The maximum atomic E-state index is 12.8. The third kappa shape index (κ3) is 3.45. The topological polar surface area (TPSA) is 50.8 Å². The highest BCUT2D eigenvalue weighted by Crippen LogP contribution is 2.35. The van der Waals surface area contributed by atoms with Crippen molar-refractivity contribution in [3.05, 3.63) is 22.7 Å². The molecule has 2 bridgehead atoms. The highest BCUT2D eigenvalue weighted by atomic mass is 35.5. The van der Waals surface area contributed by atoms with Crippen LogP contribution in [0.5, 0.6) is 11.5 Å². The van der Waals surface area contributed by atoms with Gasteiger partial charge < -0.3 is 19.7 Å². The van der Waals surface area contributed by atoms with Gasteiger partial charge in [-0.25, -0.2) is 0 Å². The van der Waals surface area contributed by atoms with E-state index in [9.17, 15) is 4.79 Å². The molecular weight excluding hydrogens is 328 g/mol. The van der Waals surface area contributed by atoms with Crippen molar-refractivity contribution in [2.45, 2.75) is 25.8 Å². The predicted molar refractivity (Wildman–Crippen MR) is 92.5 cm³/mol. The molecule has 1 N–H and O–H groups in total. The number of carbonyl (C=O) groups is 1. The predicted octanol–water partition coefficient (Wildman–Crippen LogP) is 2.53. The summed E-state index contributed by atoms with van der Waals surface area (Å²) in [7, 11) is 1.50. The second kappa shape index (κ2) is 7.33. The van der Waals surface area contributed by atoms with Gasteiger partial charge >= 0.3 is 0 Å². The van der Waals surface area contributed by atoms with Crippen LogP contribution in [0.15, 0.2) is 12.1 Å². The molecule has 3 saturated heterocycles. The first-order valence-electron chi connectivity index (χ1n) is 8.11. The Hall–Kier alpha value is -1.90. The molecule has 3 aliphatic rings. The molecule has 1 amide bonds. The molecule has 0 saturated carbocycles. The van der Waals surface area contributed by atoms with Crippen molar-refractivity contribution in [1.29, 1.82) is 0 Å². The zero-order valence-electron chi connectivity index (χ0n) is 13.9. The normalized spacial score (nSPS) is 24.7. The van der Waals surface area contributed by atoms with E-state index < -0.39 is 0 Å². The number of piperidine rings is 3. The summed E-state index contributed by atoms with van der Waals surface area (Å²) in [5.41, 5.74) is 0.370. The highest BCUT2D eigenvalue weighted by molar-refractivity contribution is 6.31. The molecule has 1 atom stereocenters. The summed E-state index contributed by atoms with van der Waals surface area (Å²) in [6, 6.07) is 3.36. The van der Waals surface area contributed by atoms with Crippen molar-refractivity contribution in [3.8, 4) is 23.5 Å². The average molecular weight is 349 g/mol. The molecule has 3 heterocycles. The van der Waals surface area contributed by atoms with Crippen LogP contribution in [0.4, 0.5) is 0 Å². The Morgan fingerprint density at radius 1 is 1.38 bits per heavy atom. The summed E-state index contributed by atoms with van der Waals surface area (Å²) in [5.74, 6) is 3.69. The van der Waals surface area contributed by atoms with E-state index in [0.717, 1.165) is 32.5 Å². The van der Waals surface area contributed by atoms with Gasteiger partial charge in [-0.15, -0.1) is 0 Å². The van der Waals surface area contributed by atoms with Crippen LogP contribution in [0.1, 0.15) is 30.1 Å². The Morgan fingerprint density at radius 3 is 2.71 bits per heavy atom. The zero-order chi connectivity index (χ0) is 17.1. The summed E-state index contributed by atoms with van der Waals surface area (Å²) in [6.07, 6.45) is 4.78. The quantitative estimate of drug-likeness (QED) is 0.850. The fourth-order valence-corrected chi connectivity index (χ4v) is 3.71. The fourth-order valence-electron chi connectivity index (χ4n) is 3.50. The minimum absolute atomic E-state index is 0.170. The maximum absolute atomic E-state index is 12.8. The number of nitrogens with zero attached hydrogens (tertiary/aromatic N) is 1. The molecule has 0 spiro atoms. The molecule has 24 heavy (non-hydrogen) atoms. The first-order chi connectivity index (χ1) is 11.6. The van der Waals surface area contributed by atoms with Gasteiger partial charge in [-0.2, -0.15) is 0 Å². The smallest absolute Gasteiger partial charge is 0.255 e. The van der Waals surface area contributed by atoms with Crippen molar-refractivity contribution in [1.82, 2.24) is 10.2 Å². The van der Waals surface area contributed by atoms with Gasteiger partial charge in [0.25, 0.3) is 5.91 Å². The van der Waals surface area contributed by atoms with Crippen molar-refractivity contribution < 1.29 is 14.3 Å². The first kappa shape index (κ1) is 16.9. The molecule has 3 aliphatic heterocycles. The zero-order valence-corrected chi connectivity index (χ0v) is 14.7. The molecule has 128 valence electrons. The van der Waals surface area contributed by atoms with Crippen LogP contribution in [0.2, 0.25) is 5.02 Å². The van der Waals surface area contributed by atoms with E-state index >= 15 is 0 Å². The molecule has 4 rings (SSSR count). The van der Waals surface area contributed by atoms with Crippen LogP contribution in [0, 0.1) is 17.9 Å². The summed E-state index contributed by atoms with van der Waals surface area (Å²) >= 11 is 6.14. The lowest BCUT2D eigenvalue weighted by molar-refractivity contribution is 0.0619. The van der Waals surface area contributed by atoms with Crippen LogP contribution in [-0.4, -0.2) is 43.6 Å². The standard InChI is InChI=1S/C18H21ClN2O3/c1-3-8-24-16-10-13(19)9-14(17(16)23-2)18(22)20-15-11-21-6-4-12(15)5-7-21/h9-10,12,15H,4-7,11H2,1-2H3,(H,20,22). The number of rotatable bonds is 4. The molecule has 1 aromatic rings. The molecule has 5 nitrogen and oxygen atoms in total. The Bertz CT molecular complexity index is 687. The fraction of sp³-hybridized carbons (Fsp3) is 0.500. The maximum Gasteiger partial charge on any atom is 0.255 e. The van der Waals surface area contributed by atoms with Gasteiger partial charge in [-0.05, 0) is 37.9 Å². The van der Waals surface area contributed by atoms with E-state index in [1.54, 1.807) is 19.1 Å². The van der Waals surface area contributed by atoms with E-state index in [1.807, 2.05) is 0 Å². The van der Waals surface area contributed by atoms with E-state index in [-0.39, 0.29) is 11.9 Å². The lowest BCUT2D eigenvalue weighted by Crippen LogP contribution is -2.57. The number of fused-ring (bicyclic) bond motifs is 3. The summed E-state index contributed by atoms with van der Waals surface area (Å²) in [4.78, 5) is 15.2. The average Bonchev–Trinajstić information content (AvgIpc) is 2.60. The molecule has 0 aromatic heterocycles. The van der Waals surface area contributed by atoms with Crippen LogP contribution >= 0.6 is 11.6 Å². The van der Waals surface area contributed by atoms with Crippen molar-refractivity contribution in [3.63, 3.8) is 0 Å². The minimum Gasteiger partial charge on any atom is -0.492 e. The number of halogens is 1. The van der Waals surface area contributed by atoms with Gasteiger partial charge in [0.05, 0.1) is 12.7 Å². The number of benzene rings is 1. The van der Waals surface area contributed by atoms with Gasteiger partial charge in [-0.3, -0.25) is 4.79 Å². The Labute approximate surface area is 147 Å². The number of hydrogen-bond acceptors (Lipinski definition) is 4. The van der Waals surface area contributed by atoms with Gasteiger partial charge in [0.1, 0.15) is 6.11 Å². The van der Waals surface area contributed by atoms with Crippen LogP contribution in [0.25, 0.3) is 0 Å². The number of nitrogens with one attached hydrogen (secondary N) is 1. The van der Waals surface area contributed by atoms with Crippen LogP contribution < -0.4 is 14.8 Å². The van der Waals surface area contributed by atoms with Gasteiger partial charge in [0.15, 0.2) is 11.5 Å². The van der Waals surface area contributed by atoms with Crippen LogP contribution in [-0.2, 0) is 0 Å². The number of ether oxygens (including phenoxy) is 2. The van der Waals surface area contributed by atoms with E-state index in [0.29, 0.717) is 28.0 Å². The number of hydrogen-bond donors (Lipinski definition) is 1. The second-order valence-corrected chi connectivity index (χ2v) is 6.59. The van der Waals surface area contributed by atoms with E-state index in [2.05, 4.69) is 22.2 Å². The second-order valence-electron chi connectivity index (χ2n) is 6.16. The van der Waals surface area contributed by atoms with Gasteiger partial charge in [0, 0.05) is 30.6 Å². The SMILES string of the molecule is CC#COc1cc(Cl)cc(C(=O)NC2CN3CCC2CC3)c1OC. The summed E-state index contributed by atoms with van der Waals surface area (Å²) < 4.78 is 10.7. The molecule has 1 aromatic carbocycles. The number of amides is 1. The van der Waals surface area contributed by atoms with Crippen molar-refractivity contribution in [2.75, 3.05) is 26.7 Å². The Morgan fingerprint density at radius 2 is 2.12 bits per heavy atom. The Kier molecular flexibility index (Phi) is 5.17. The van der Waals surface area contributed by atoms with E-state index in [1.165, 1.54) is 7.11 Å². The molecule has 6 heteroatoms. The highest BCUT2D eigenvalue weighted by Gasteiger charge is 2.35. The molecule has 0 radical (unpaired) electrons. The first-order valence-corrected chi connectivity index (χ1v) is 8.49. The van der Waals surface area contributed by atoms with Crippen LogP contribution in [0.3, 0.4) is 0 Å². The summed E-state index contributed by atoms with van der Waals surface area (Å²) in [5, 5.41) is 3.55. The lowest BCUT2D eigenvalue weighted by atomic mass is 9.84. The van der Waals surface area contributed by atoms with Crippen molar-refractivity contribution >= 4 is 17.5 Å². The number of methoxy groups -OCH3 is 1. The Balaban J connectivity index is 1.83. The van der Waals surface area contributed by atoms with Crippen molar-refractivity contribution in [2.24, 2.45) is 5.92 Å². The summed E-state index contributed by atoms with van der Waals surface area (Å²) in [6.45, 7) is 4.83.